The Morgan fingerprint density at radius 3 is 2.39 bits per heavy atom. The normalized spacial score (nSPS) is 29.5. The van der Waals surface area contributed by atoms with Gasteiger partial charge in [0.15, 0.2) is 0 Å². The van der Waals surface area contributed by atoms with Crippen LogP contribution in [0.25, 0.3) is 0 Å². The molecule has 0 bridgehead atoms. The highest BCUT2D eigenvalue weighted by Crippen LogP contribution is 2.55. The number of anilines is 1. The number of carbonyl (C=O) groups excluding carboxylic acids is 3. The second kappa shape index (κ2) is 6.65. The fourth-order valence-electron chi connectivity index (χ4n) is 5.50. The van der Waals surface area contributed by atoms with Crippen LogP contribution < -0.4 is 10.6 Å². The van der Waals surface area contributed by atoms with Crippen molar-refractivity contribution in [1.29, 1.82) is 0 Å². The number of carbonyl (C=O) groups is 3. The molecule has 5 rings (SSSR count). The molecular weight excluding hydrogens is 414 g/mol. The van der Waals surface area contributed by atoms with Crippen molar-refractivity contribution < 1.29 is 14.4 Å². The predicted octanol–water partition coefficient (Wildman–Crippen LogP) is 3.10. The summed E-state index contributed by atoms with van der Waals surface area (Å²) in [6.07, 6.45) is 0.532. The number of halogens is 1. The number of amides is 3. The van der Waals surface area contributed by atoms with Gasteiger partial charge in [0.2, 0.25) is 17.7 Å². The lowest BCUT2D eigenvalue weighted by molar-refractivity contribution is -0.147. The zero-order chi connectivity index (χ0) is 22.1. The summed E-state index contributed by atoms with van der Waals surface area (Å²) in [5.41, 5.74) is 0.179. The van der Waals surface area contributed by atoms with E-state index in [1.807, 2.05) is 57.2 Å². The topological polar surface area (TPSA) is 78.5 Å². The van der Waals surface area contributed by atoms with Crippen molar-refractivity contribution in [2.75, 3.05) is 5.32 Å². The number of benzene rings is 2. The van der Waals surface area contributed by atoms with Crippen LogP contribution in [-0.2, 0) is 26.3 Å². The maximum Gasteiger partial charge on any atom is 0.250 e. The average Bonchev–Trinajstić information content (AvgIpc) is 3.28. The maximum atomic E-state index is 13.7. The first-order valence-electron chi connectivity index (χ1n) is 10.5. The quantitative estimate of drug-likeness (QED) is 0.707. The molecular formula is C24H24ClN3O3. The van der Waals surface area contributed by atoms with Crippen molar-refractivity contribution in [1.82, 2.24) is 10.2 Å². The minimum Gasteiger partial charge on any atom is -0.323 e. The summed E-state index contributed by atoms with van der Waals surface area (Å²) in [6.45, 7) is 5.53. The Kier molecular flexibility index (Phi) is 4.33. The van der Waals surface area contributed by atoms with Gasteiger partial charge in [0.05, 0.1) is 22.5 Å². The fraction of sp³-hybridized carbons (Fsp3) is 0.375. The predicted molar refractivity (Wildman–Crippen MR) is 117 cm³/mol. The molecule has 3 heterocycles. The first-order chi connectivity index (χ1) is 14.7. The maximum absolute atomic E-state index is 13.7. The Labute approximate surface area is 185 Å². The van der Waals surface area contributed by atoms with E-state index in [1.54, 1.807) is 12.1 Å². The largest absolute Gasteiger partial charge is 0.323 e. The summed E-state index contributed by atoms with van der Waals surface area (Å²) in [4.78, 5) is 42.1. The Morgan fingerprint density at radius 2 is 1.71 bits per heavy atom. The van der Waals surface area contributed by atoms with Crippen molar-refractivity contribution in [2.24, 2.45) is 11.8 Å². The summed E-state index contributed by atoms with van der Waals surface area (Å²) in [5, 5.41) is 6.73. The summed E-state index contributed by atoms with van der Waals surface area (Å²) in [7, 11) is 0. The van der Waals surface area contributed by atoms with Gasteiger partial charge in [-0.2, -0.15) is 0 Å². The van der Waals surface area contributed by atoms with Gasteiger partial charge in [-0.25, -0.2) is 0 Å². The molecule has 2 fully saturated rings. The molecule has 160 valence electrons. The molecule has 2 N–H and O–H groups in total. The van der Waals surface area contributed by atoms with Gasteiger partial charge in [0.1, 0.15) is 5.54 Å². The highest BCUT2D eigenvalue weighted by Gasteiger charge is 2.71. The number of fused-ring (bicyclic) bond motifs is 4. The van der Waals surface area contributed by atoms with E-state index in [0.717, 1.165) is 5.56 Å². The van der Waals surface area contributed by atoms with Crippen molar-refractivity contribution in [3.05, 3.63) is 64.7 Å². The molecule has 7 heteroatoms. The highest BCUT2D eigenvalue weighted by molar-refractivity contribution is 6.35. The first kappa shape index (κ1) is 20.2. The molecule has 0 aliphatic carbocycles. The van der Waals surface area contributed by atoms with Gasteiger partial charge in [0, 0.05) is 17.1 Å². The zero-order valence-corrected chi connectivity index (χ0v) is 18.4. The average molecular weight is 438 g/mol. The van der Waals surface area contributed by atoms with Gasteiger partial charge in [-0.15, -0.1) is 0 Å². The molecule has 0 radical (unpaired) electrons. The SMILES string of the molecule is CC(C)(C)N1C(=O)[C@H]2[C@@H](C1=O)[C@@]1(N[C@@H]2Cc2ccccc2)C(=O)Nc2c(Cl)cccc21. The van der Waals surface area contributed by atoms with Crippen molar-refractivity contribution >= 4 is 35.0 Å². The second-order valence-corrected chi connectivity index (χ2v) is 9.96. The van der Waals surface area contributed by atoms with E-state index >= 15 is 0 Å². The van der Waals surface area contributed by atoms with Crippen LogP contribution in [0, 0.1) is 11.8 Å². The molecule has 3 aliphatic heterocycles. The van der Waals surface area contributed by atoms with Crippen LogP contribution in [0.15, 0.2) is 48.5 Å². The van der Waals surface area contributed by atoms with Crippen LogP contribution in [0.2, 0.25) is 5.02 Å². The van der Waals surface area contributed by atoms with Crippen LogP contribution in [0.1, 0.15) is 31.9 Å². The number of rotatable bonds is 2. The molecule has 2 saturated heterocycles. The van der Waals surface area contributed by atoms with Gasteiger partial charge in [-0.3, -0.25) is 24.6 Å². The van der Waals surface area contributed by atoms with Crippen molar-refractivity contribution in [2.45, 2.75) is 44.3 Å². The van der Waals surface area contributed by atoms with Crippen LogP contribution in [0.4, 0.5) is 5.69 Å². The number of hydrogen-bond donors (Lipinski definition) is 2. The van der Waals surface area contributed by atoms with Gasteiger partial charge < -0.3 is 5.32 Å². The van der Waals surface area contributed by atoms with Crippen LogP contribution in [0.5, 0.6) is 0 Å². The van der Waals surface area contributed by atoms with Gasteiger partial charge in [-0.05, 0) is 38.8 Å². The van der Waals surface area contributed by atoms with Crippen LogP contribution >= 0.6 is 11.6 Å². The summed E-state index contributed by atoms with van der Waals surface area (Å²) in [6, 6.07) is 14.7. The summed E-state index contributed by atoms with van der Waals surface area (Å²) >= 11 is 6.37. The Bertz CT molecular complexity index is 1110. The highest BCUT2D eigenvalue weighted by atomic mass is 35.5. The zero-order valence-electron chi connectivity index (χ0n) is 17.6. The minimum atomic E-state index is -1.32. The van der Waals surface area contributed by atoms with E-state index in [-0.39, 0.29) is 23.8 Å². The van der Waals surface area contributed by atoms with E-state index in [4.69, 9.17) is 11.6 Å². The monoisotopic (exact) mass is 437 g/mol. The molecule has 1 spiro atoms. The molecule has 0 saturated carbocycles. The Hall–Kier alpha value is -2.70. The third-order valence-corrected chi connectivity index (χ3v) is 6.98. The molecule has 31 heavy (non-hydrogen) atoms. The number of para-hydroxylation sites is 1. The number of nitrogens with one attached hydrogen (secondary N) is 2. The third kappa shape index (κ3) is 2.71. The number of imide groups is 1. The lowest BCUT2D eigenvalue weighted by atomic mass is 9.76. The Morgan fingerprint density at radius 1 is 1.00 bits per heavy atom. The lowest BCUT2D eigenvalue weighted by Gasteiger charge is -2.34. The molecule has 2 aromatic rings. The van der Waals surface area contributed by atoms with Gasteiger partial charge >= 0.3 is 0 Å². The van der Waals surface area contributed by atoms with Crippen LogP contribution in [0.3, 0.4) is 0 Å². The van der Waals surface area contributed by atoms with E-state index in [0.29, 0.717) is 22.7 Å². The smallest absolute Gasteiger partial charge is 0.250 e. The standard InChI is InChI=1S/C24H24ClN3O3/c1-23(2,3)28-20(29)17-16(12-13-8-5-4-6-9-13)27-24(18(17)21(28)30)14-10-7-11-15(25)19(14)26-22(24)31/h4-11,16-18,27H,12H2,1-3H3,(H,26,31)/t16-,17-,18+,24-/m1/s1. The number of hydrogen-bond acceptors (Lipinski definition) is 4. The van der Waals surface area contributed by atoms with E-state index in [9.17, 15) is 14.4 Å². The number of nitrogens with zero attached hydrogens (tertiary/aromatic N) is 1. The number of likely N-dealkylation sites (tertiary alicyclic amines) is 1. The molecule has 4 atom stereocenters. The van der Waals surface area contributed by atoms with Gasteiger partial charge in [0.25, 0.3) is 0 Å². The lowest BCUT2D eigenvalue weighted by Crippen LogP contribution is -2.56. The van der Waals surface area contributed by atoms with Crippen LogP contribution in [-0.4, -0.2) is 34.2 Å². The van der Waals surface area contributed by atoms with E-state index < -0.39 is 22.9 Å². The van der Waals surface area contributed by atoms with E-state index in [1.165, 1.54) is 4.90 Å². The minimum absolute atomic E-state index is 0.226. The molecule has 6 nitrogen and oxygen atoms in total. The fourth-order valence-corrected chi connectivity index (χ4v) is 5.72. The Balaban J connectivity index is 1.68. The second-order valence-electron chi connectivity index (χ2n) is 9.55. The molecule has 3 aliphatic rings. The summed E-state index contributed by atoms with van der Waals surface area (Å²) < 4.78 is 0. The molecule has 3 amide bonds. The molecule has 0 aromatic heterocycles. The van der Waals surface area contributed by atoms with E-state index in [2.05, 4.69) is 10.6 Å². The third-order valence-electron chi connectivity index (χ3n) is 6.67. The van der Waals surface area contributed by atoms with Crippen molar-refractivity contribution in [3.63, 3.8) is 0 Å². The summed E-state index contributed by atoms with van der Waals surface area (Å²) in [5.74, 6) is -2.34. The van der Waals surface area contributed by atoms with Crippen molar-refractivity contribution in [3.8, 4) is 0 Å². The molecule has 2 aromatic carbocycles. The molecule has 0 unspecified atom stereocenters. The van der Waals surface area contributed by atoms with Gasteiger partial charge in [-0.1, -0.05) is 54.1 Å². The first-order valence-corrected chi connectivity index (χ1v) is 10.8.